The van der Waals surface area contributed by atoms with Crippen molar-refractivity contribution in [3.05, 3.63) is 45.0 Å². The van der Waals surface area contributed by atoms with E-state index in [2.05, 4.69) is 15.3 Å². The van der Waals surface area contributed by atoms with E-state index in [0.717, 1.165) is 0 Å². The highest BCUT2D eigenvalue weighted by molar-refractivity contribution is 6.36. The molecule has 104 valence electrons. The maximum Gasteiger partial charge on any atom is 0.259 e. The quantitative estimate of drug-likeness (QED) is 0.871. The van der Waals surface area contributed by atoms with Gasteiger partial charge in [-0.1, -0.05) is 34.8 Å². The fraction of sp³-hybridized carbons (Fsp3) is 0.0833. The minimum absolute atomic E-state index is 0.00962. The van der Waals surface area contributed by atoms with Gasteiger partial charge in [0.15, 0.2) is 0 Å². The number of anilines is 1. The van der Waals surface area contributed by atoms with E-state index in [4.69, 9.17) is 39.5 Å². The van der Waals surface area contributed by atoms with Crippen LogP contribution in [-0.4, -0.2) is 23.0 Å². The Kier molecular flexibility index (Phi) is 4.65. The number of rotatable bonds is 3. The minimum Gasteiger partial charge on any atom is -0.481 e. The van der Waals surface area contributed by atoms with Crippen molar-refractivity contribution in [1.82, 2.24) is 9.97 Å². The molecule has 0 unspecified atom stereocenters. The molecule has 1 amide bonds. The van der Waals surface area contributed by atoms with Crippen LogP contribution in [0.4, 0.5) is 5.95 Å². The Morgan fingerprint density at radius 2 is 1.95 bits per heavy atom. The number of amides is 1. The highest BCUT2D eigenvalue weighted by Crippen LogP contribution is 2.22. The van der Waals surface area contributed by atoms with Crippen LogP contribution in [0.5, 0.6) is 5.88 Å². The molecule has 5 nitrogen and oxygen atoms in total. The fourth-order valence-electron chi connectivity index (χ4n) is 1.40. The lowest BCUT2D eigenvalue weighted by Gasteiger charge is -2.07. The lowest BCUT2D eigenvalue weighted by Crippen LogP contribution is -2.15. The van der Waals surface area contributed by atoms with Gasteiger partial charge in [-0.05, 0) is 18.2 Å². The van der Waals surface area contributed by atoms with Crippen LogP contribution in [0.15, 0.2) is 24.3 Å². The molecule has 0 aliphatic rings. The Bertz CT molecular complexity index is 664. The van der Waals surface area contributed by atoms with E-state index < -0.39 is 5.91 Å². The third-order valence-corrected chi connectivity index (χ3v) is 3.04. The summed E-state index contributed by atoms with van der Waals surface area (Å²) in [5, 5.41) is 3.27. The molecule has 0 saturated heterocycles. The second-order valence-corrected chi connectivity index (χ2v) is 4.87. The molecule has 1 heterocycles. The highest BCUT2D eigenvalue weighted by atomic mass is 35.5. The molecule has 0 aliphatic heterocycles. The zero-order valence-electron chi connectivity index (χ0n) is 10.2. The van der Waals surface area contributed by atoms with Crippen LogP contribution in [0, 0.1) is 0 Å². The van der Waals surface area contributed by atoms with E-state index in [1.807, 2.05) is 0 Å². The fourth-order valence-corrected chi connectivity index (χ4v) is 1.95. The largest absolute Gasteiger partial charge is 0.481 e. The predicted molar refractivity (Wildman–Crippen MR) is 78.0 cm³/mol. The van der Waals surface area contributed by atoms with Crippen LogP contribution in [0.2, 0.25) is 15.2 Å². The summed E-state index contributed by atoms with van der Waals surface area (Å²) >= 11 is 17.5. The van der Waals surface area contributed by atoms with Crippen molar-refractivity contribution in [3.8, 4) is 5.88 Å². The first-order valence-corrected chi connectivity index (χ1v) is 6.48. The topological polar surface area (TPSA) is 64.1 Å². The normalized spacial score (nSPS) is 10.2. The van der Waals surface area contributed by atoms with Crippen molar-refractivity contribution in [1.29, 1.82) is 0 Å². The predicted octanol–water partition coefficient (Wildman–Crippen LogP) is 3.70. The molecule has 0 bridgehead atoms. The molecule has 1 N–H and O–H groups in total. The van der Waals surface area contributed by atoms with E-state index >= 15 is 0 Å². The summed E-state index contributed by atoms with van der Waals surface area (Å²) in [6.45, 7) is 0. The molecular weight excluding hydrogens is 325 g/mol. The zero-order valence-corrected chi connectivity index (χ0v) is 12.4. The maximum atomic E-state index is 12.1. The van der Waals surface area contributed by atoms with Gasteiger partial charge in [-0.25, -0.2) is 4.98 Å². The minimum atomic E-state index is -0.498. The van der Waals surface area contributed by atoms with Crippen LogP contribution >= 0.6 is 34.8 Å². The average Bonchev–Trinajstić information content (AvgIpc) is 2.40. The zero-order chi connectivity index (χ0) is 14.7. The summed E-state index contributed by atoms with van der Waals surface area (Å²) in [4.78, 5) is 19.9. The maximum absolute atomic E-state index is 12.1. The molecule has 1 aromatic carbocycles. The van der Waals surface area contributed by atoms with Crippen molar-refractivity contribution in [2.45, 2.75) is 0 Å². The van der Waals surface area contributed by atoms with Gasteiger partial charge < -0.3 is 4.74 Å². The number of nitrogens with one attached hydrogen (secondary N) is 1. The molecule has 0 atom stereocenters. The molecule has 2 rings (SSSR count). The van der Waals surface area contributed by atoms with Crippen LogP contribution in [-0.2, 0) is 0 Å². The second kappa shape index (κ2) is 6.26. The summed E-state index contributed by atoms with van der Waals surface area (Å²) < 4.78 is 4.93. The van der Waals surface area contributed by atoms with Gasteiger partial charge in [0.05, 0.1) is 17.7 Å². The molecule has 20 heavy (non-hydrogen) atoms. The number of carbonyl (C=O) groups is 1. The molecule has 0 radical (unpaired) electrons. The Morgan fingerprint density at radius 1 is 1.20 bits per heavy atom. The smallest absolute Gasteiger partial charge is 0.259 e. The van der Waals surface area contributed by atoms with Gasteiger partial charge in [0.1, 0.15) is 5.15 Å². The second-order valence-electron chi connectivity index (χ2n) is 3.63. The van der Waals surface area contributed by atoms with Crippen LogP contribution in [0.25, 0.3) is 0 Å². The first kappa shape index (κ1) is 14.8. The first-order chi connectivity index (χ1) is 9.49. The Morgan fingerprint density at radius 3 is 2.65 bits per heavy atom. The lowest BCUT2D eigenvalue weighted by atomic mass is 10.2. The molecule has 8 heteroatoms. The van der Waals surface area contributed by atoms with E-state index in [1.165, 1.54) is 25.3 Å². The molecule has 0 fully saturated rings. The van der Waals surface area contributed by atoms with Crippen molar-refractivity contribution >= 4 is 46.7 Å². The lowest BCUT2D eigenvalue weighted by molar-refractivity contribution is 0.102. The molecule has 1 aromatic heterocycles. The summed E-state index contributed by atoms with van der Waals surface area (Å²) in [5.41, 5.74) is 0.210. The molecule has 0 spiro atoms. The van der Waals surface area contributed by atoms with E-state index in [1.54, 1.807) is 6.07 Å². The van der Waals surface area contributed by atoms with Crippen molar-refractivity contribution < 1.29 is 9.53 Å². The van der Waals surface area contributed by atoms with E-state index in [-0.39, 0.29) is 27.6 Å². The Balaban J connectivity index is 2.27. The standard InChI is InChI=1S/C12H8Cl3N3O2/c1-20-10-5-9(15)16-12(17-10)18-11(19)7-4-6(13)2-3-8(7)14/h2-5H,1H3,(H,16,17,18,19). The number of methoxy groups -OCH3 is 1. The summed E-state index contributed by atoms with van der Waals surface area (Å²) in [6, 6.07) is 5.97. The third kappa shape index (κ3) is 3.50. The Labute approximate surface area is 129 Å². The van der Waals surface area contributed by atoms with Crippen molar-refractivity contribution in [2.75, 3.05) is 12.4 Å². The van der Waals surface area contributed by atoms with Gasteiger partial charge in [-0.3, -0.25) is 10.1 Å². The monoisotopic (exact) mass is 331 g/mol. The van der Waals surface area contributed by atoms with Crippen LogP contribution in [0.3, 0.4) is 0 Å². The number of nitrogens with zero attached hydrogens (tertiary/aromatic N) is 2. The van der Waals surface area contributed by atoms with Gasteiger partial charge in [-0.2, -0.15) is 4.98 Å². The summed E-state index contributed by atoms with van der Waals surface area (Å²) in [7, 11) is 1.43. The molecule has 0 aliphatic carbocycles. The number of hydrogen-bond acceptors (Lipinski definition) is 4. The highest BCUT2D eigenvalue weighted by Gasteiger charge is 2.13. The summed E-state index contributed by atoms with van der Waals surface area (Å²) in [6.07, 6.45) is 0. The number of hydrogen-bond donors (Lipinski definition) is 1. The van der Waals surface area contributed by atoms with E-state index in [9.17, 15) is 4.79 Å². The molecule has 2 aromatic rings. The van der Waals surface area contributed by atoms with Gasteiger partial charge in [-0.15, -0.1) is 0 Å². The number of halogens is 3. The van der Waals surface area contributed by atoms with Crippen LogP contribution < -0.4 is 10.1 Å². The molecular formula is C12H8Cl3N3O2. The van der Waals surface area contributed by atoms with Gasteiger partial charge in [0, 0.05) is 11.1 Å². The number of carbonyl (C=O) groups excluding carboxylic acids is 1. The number of ether oxygens (including phenoxy) is 1. The summed E-state index contributed by atoms with van der Waals surface area (Å²) in [5.74, 6) is -0.255. The third-order valence-electron chi connectivity index (χ3n) is 2.28. The van der Waals surface area contributed by atoms with Gasteiger partial charge in [0.25, 0.3) is 5.91 Å². The SMILES string of the molecule is COc1cc(Cl)nc(NC(=O)c2cc(Cl)ccc2Cl)n1. The number of benzene rings is 1. The Hall–Kier alpha value is -1.56. The van der Waals surface area contributed by atoms with Crippen molar-refractivity contribution in [2.24, 2.45) is 0 Å². The van der Waals surface area contributed by atoms with Gasteiger partial charge >= 0.3 is 0 Å². The van der Waals surface area contributed by atoms with Crippen LogP contribution in [0.1, 0.15) is 10.4 Å². The van der Waals surface area contributed by atoms with Gasteiger partial charge in [0.2, 0.25) is 11.8 Å². The average molecular weight is 333 g/mol. The van der Waals surface area contributed by atoms with E-state index in [0.29, 0.717) is 5.02 Å². The molecule has 0 saturated carbocycles. The first-order valence-electron chi connectivity index (χ1n) is 5.34. The number of aromatic nitrogens is 2. The van der Waals surface area contributed by atoms with Crippen molar-refractivity contribution in [3.63, 3.8) is 0 Å².